The summed E-state index contributed by atoms with van der Waals surface area (Å²) in [6, 6.07) is 0. The number of thiophene rings is 1. The summed E-state index contributed by atoms with van der Waals surface area (Å²) in [6.07, 6.45) is 0. The molecule has 6 N–H and O–H groups in total. The first-order chi connectivity index (χ1) is 7.91. The Morgan fingerprint density at radius 2 is 1.26 bits per heavy atom. The summed E-state index contributed by atoms with van der Waals surface area (Å²) in [4.78, 5) is 2.50. The second-order valence-electron chi connectivity index (χ2n) is 3.50. The van der Waals surface area contributed by atoms with E-state index in [0.717, 1.165) is 11.5 Å². The molecule has 0 amide bonds. The SMILES string of the molecule is Br.Br.Cc1c(CSC(=N)N)sc(CSC(=N)N)c1C. The van der Waals surface area contributed by atoms with Gasteiger partial charge in [0.2, 0.25) is 0 Å². The first-order valence-corrected chi connectivity index (χ1v) is 7.72. The fourth-order valence-electron chi connectivity index (χ4n) is 1.28. The predicted molar refractivity (Wildman–Crippen MR) is 101 cm³/mol. The fourth-order valence-corrected chi connectivity index (χ4v) is 4.02. The topological polar surface area (TPSA) is 99.7 Å². The van der Waals surface area contributed by atoms with Crippen LogP contribution in [0.1, 0.15) is 20.9 Å². The molecule has 0 saturated carbocycles. The quantitative estimate of drug-likeness (QED) is 0.415. The van der Waals surface area contributed by atoms with Crippen LogP contribution in [-0.2, 0) is 11.5 Å². The van der Waals surface area contributed by atoms with Crippen LogP contribution in [0.25, 0.3) is 0 Å². The molecular weight excluding hydrogens is 432 g/mol. The average Bonchev–Trinajstić information content (AvgIpc) is 2.51. The number of amidine groups is 2. The van der Waals surface area contributed by atoms with Gasteiger partial charge >= 0.3 is 0 Å². The van der Waals surface area contributed by atoms with Gasteiger partial charge in [0.1, 0.15) is 0 Å². The maximum atomic E-state index is 7.21. The van der Waals surface area contributed by atoms with E-state index in [1.54, 1.807) is 11.3 Å². The van der Waals surface area contributed by atoms with E-state index in [-0.39, 0.29) is 44.3 Å². The second-order valence-corrected chi connectivity index (χ2v) is 6.73. The van der Waals surface area contributed by atoms with E-state index in [4.69, 9.17) is 22.3 Å². The van der Waals surface area contributed by atoms with Crippen molar-refractivity contribution in [1.29, 1.82) is 10.8 Å². The molecule has 0 bridgehead atoms. The Hall–Kier alpha value is 0.300. The average molecular weight is 450 g/mol. The number of halogens is 2. The Bertz CT molecular complexity index is 410. The molecule has 0 fully saturated rings. The van der Waals surface area contributed by atoms with Crippen molar-refractivity contribution in [3.8, 4) is 0 Å². The minimum atomic E-state index is 0. The van der Waals surface area contributed by atoms with E-state index in [1.807, 2.05) is 0 Å². The van der Waals surface area contributed by atoms with Crippen LogP contribution in [0.15, 0.2) is 0 Å². The van der Waals surface area contributed by atoms with E-state index in [9.17, 15) is 0 Å². The van der Waals surface area contributed by atoms with E-state index in [0.29, 0.717) is 0 Å². The van der Waals surface area contributed by atoms with E-state index in [2.05, 4.69) is 13.8 Å². The van der Waals surface area contributed by atoms with Crippen LogP contribution in [0, 0.1) is 24.7 Å². The van der Waals surface area contributed by atoms with Crippen molar-refractivity contribution < 1.29 is 0 Å². The second kappa shape index (κ2) is 10.1. The fraction of sp³-hybridized carbons (Fsp3) is 0.400. The first kappa shape index (κ1) is 21.6. The highest BCUT2D eigenvalue weighted by Gasteiger charge is 2.12. The molecule has 1 aromatic rings. The van der Waals surface area contributed by atoms with Crippen LogP contribution in [0.4, 0.5) is 0 Å². The third-order valence-electron chi connectivity index (χ3n) is 2.36. The molecule has 0 atom stereocenters. The van der Waals surface area contributed by atoms with Gasteiger partial charge in [0.05, 0.1) is 0 Å². The molecule has 4 nitrogen and oxygen atoms in total. The molecule has 110 valence electrons. The Kier molecular flexibility index (Phi) is 11.5. The van der Waals surface area contributed by atoms with Gasteiger partial charge in [-0.15, -0.1) is 45.3 Å². The summed E-state index contributed by atoms with van der Waals surface area (Å²) in [5.41, 5.74) is 13.2. The number of nitrogens with two attached hydrogens (primary N) is 2. The van der Waals surface area contributed by atoms with Crippen LogP contribution < -0.4 is 11.5 Å². The molecule has 0 unspecified atom stereocenters. The number of hydrogen-bond donors (Lipinski definition) is 4. The van der Waals surface area contributed by atoms with Gasteiger partial charge in [-0.3, -0.25) is 10.8 Å². The lowest BCUT2D eigenvalue weighted by Gasteiger charge is -1.98. The predicted octanol–water partition coefficient (Wildman–Crippen LogP) is 3.77. The lowest BCUT2D eigenvalue weighted by Crippen LogP contribution is -2.03. The molecule has 0 aromatic carbocycles. The lowest BCUT2D eigenvalue weighted by atomic mass is 10.2. The highest BCUT2D eigenvalue weighted by molar-refractivity contribution is 8.93. The molecule has 0 spiro atoms. The number of thioether (sulfide) groups is 2. The van der Waals surface area contributed by atoms with Gasteiger partial charge in [-0.2, -0.15) is 0 Å². The van der Waals surface area contributed by atoms with Gasteiger partial charge in [0.15, 0.2) is 10.3 Å². The smallest absolute Gasteiger partial charge is 0.151 e. The zero-order valence-corrected chi connectivity index (χ0v) is 16.5. The largest absolute Gasteiger partial charge is 0.379 e. The Labute approximate surface area is 147 Å². The third-order valence-corrected chi connectivity index (χ3v) is 5.61. The first-order valence-electron chi connectivity index (χ1n) is 4.93. The maximum Gasteiger partial charge on any atom is 0.151 e. The standard InChI is InChI=1S/C10H16N4S3.2BrH/c1-5-6(2)8(4-16-10(13)14)17-7(5)3-15-9(11)12;;/h3-4H2,1-2H3,(H3,11,12)(H3,13,14);2*1H. The zero-order chi connectivity index (χ0) is 13.0. The van der Waals surface area contributed by atoms with Gasteiger partial charge in [0, 0.05) is 21.3 Å². The minimum absolute atomic E-state index is 0. The summed E-state index contributed by atoms with van der Waals surface area (Å²) in [6.45, 7) is 4.17. The van der Waals surface area contributed by atoms with Crippen molar-refractivity contribution in [2.24, 2.45) is 11.5 Å². The number of hydrogen-bond acceptors (Lipinski definition) is 5. The summed E-state index contributed by atoms with van der Waals surface area (Å²) in [5, 5.41) is 14.7. The monoisotopic (exact) mass is 448 g/mol. The normalized spacial score (nSPS) is 9.37. The van der Waals surface area contributed by atoms with Crippen molar-refractivity contribution in [3.05, 3.63) is 20.9 Å². The van der Waals surface area contributed by atoms with Gasteiger partial charge < -0.3 is 11.5 Å². The molecule has 1 aromatic heterocycles. The number of rotatable bonds is 4. The Morgan fingerprint density at radius 1 is 0.947 bits per heavy atom. The molecule has 9 heteroatoms. The van der Waals surface area contributed by atoms with E-state index in [1.165, 1.54) is 44.4 Å². The Morgan fingerprint density at radius 3 is 1.53 bits per heavy atom. The molecule has 0 radical (unpaired) electrons. The minimum Gasteiger partial charge on any atom is -0.379 e. The van der Waals surface area contributed by atoms with Crippen LogP contribution in [0.2, 0.25) is 0 Å². The van der Waals surface area contributed by atoms with Gasteiger partial charge in [0.25, 0.3) is 0 Å². The molecule has 0 aliphatic carbocycles. The third kappa shape index (κ3) is 7.03. The molecule has 1 rings (SSSR count). The van der Waals surface area contributed by atoms with Crippen LogP contribution in [-0.4, -0.2) is 10.3 Å². The van der Waals surface area contributed by atoms with E-state index < -0.39 is 0 Å². The lowest BCUT2D eigenvalue weighted by molar-refractivity contribution is 1.30. The van der Waals surface area contributed by atoms with Crippen molar-refractivity contribution in [2.45, 2.75) is 25.4 Å². The highest BCUT2D eigenvalue weighted by atomic mass is 79.9. The van der Waals surface area contributed by atoms with Crippen LogP contribution in [0.5, 0.6) is 0 Å². The summed E-state index contributed by atoms with van der Waals surface area (Å²) < 4.78 is 0. The van der Waals surface area contributed by atoms with E-state index >= 15 is 0 Å². The summed E-state index contributed by atoms with van der Waals surface area (Å²) in [5.74, 6) is 1.49. The molecular formula is C10H18Br2N4S3. The molecule has 0 aliphatic heterocycles. The Balaban J connectivity index is 0. The molecule has 0 saturated heterocycles. The summed E-state index contributed by atoms with van der Waals surface area (Å²) in [7, 11) is 0. The van der Waals surface area contributed by atoms with Crippen LogP contribution in [0.3, 0.4) is 0 Å². The molecule has 1 heterocycles. The van der Waals surface area contributed by atoms with Gasteiger partial charge in [-0.05, 0) is 25.0 Å². The van der Waals surface area contributed by atoms with Crippen molar-refractivity contribution in [3.63, 3.8) is 0 Å². The van der Waals surface area contributed by atoms with Crippen LogP contribution >= 0.6 is 68.8 Å². The van der Waals surface area contributed by atoms with Crippen molar-refractivity contribution in [1.82, 2.24) is 0 Å². The van der Waals surface area contributed by atoms with Crippen molar-refractivity contribution >= 4 is 79.2 Å². The maximum absolute atomic E-state index is 7.21. The van der Waals surface area contributed by atoms with Gasteiger partial charge in [-0.25, -0.2) is 0 Å². The number of nitrogens with one attached hydrogen (secondary N) is 2. The highest BCUT2D eigenvalue weighted by Crippen LogP contribution is 2.32. The van der Waals surface area contributed by atoms with Gasteiger partial charge in [-0.1, -0.05) is 23.5 Å². The molecule has 0 aliphatic rings. The summed E-state index contributed by atoms with van der Waals surface area (Å²) >= 11 is 4.41. The van der Waals surface area contributed by atoms with Crippen molar-refractivity contribution in [2.75, 3.05) is 0 Å². The zero-order valence-electron chi connectivity index (χ0n) is 10.6. The molecule has 19 heavy (non-hydrogen) atoms.